The number of benzene rings is 1. The average Bonchev–Trinajstić information content (AvgIpc) is 3.24. The summed E-state index contributed by atoms with van der Waals surface area (Å²) >= 11 is 0.788. The molecule has 0 saturated heterocycles. The topological polar surface area (TPSA) is 51.2 Å². The summed E-state index contributed by atoms with van der Waals surface area (Å²) in [6.45, 7) is 3.05. The highest BCUT2D eigenvalue weighted by Crippen LogP contribution is 2.33. The molecule has 178 valence electrons. The maximum Gasteiger partial charge on any atom is 0.281 e. The standard InChI is InChI=1S/C25H36F2N2O2S/c1-3-4-5-6-7-8-9-10-11-15-18-21(31-20-16-13-12-14-17-20)23(30)29-24-28-19-22(32-24)25(2,26)27/h12-14,16-17,19,21H,3-11,15,18H2,1-2H3,(H,28,29,30). The summed E-state index contributed by atoms with van der Waals surface area (Å²) in [6, 6.07) is 9.19. The van der Waals surface area contributed by atoms with Crippen molar-refractivity contribution in [2.24, 2.45) is 0 Å². The van der Waals surface area contributed by atoms with Gasteiger partial charge in [-0.2, -0.15) is 0 Å². The van der Waals surface area contributed by atoms with Crippen molar-refractivity contribution in [3.05, 3.63) is 41.4 Å². The van der Waals surface area contributed by atoms with Crippen LogP contribution in [0.4, 0.5) is 13.9 Å². The number of nitrogens with zero attached hydrogens (tertiary/aromatic N) is 1. The largest absolute Gasteiger partial charge is 0.481 e. The highest BCUT2D eigenvalue weighted by molar-refractivity contribution is 7.15. The molecule has 2 rings (SSSR count). The molecule has 7 heteroatoms. The number of carbonyl (C=O) groups excluding carboxylic acids is 1. The van der Waals surface area contributed by atoms with Gasteiger partial charge < -0.3 is 4.74 Å². The first-order valence-electron chi connectivity index (χ1n) is 11.8. The summed E-state index contributed by atoms with van der Waals surface area (Å²) in [5.41, 5.74) is 0. The van der Waals surface area contributed by atoms with E-state index in [1.807, 2.05) is 18.2 Å². The SMILES string of the molecule is CCCCCCCCCCCCC(Oc1ccccc1)C(=O)Nc1ncc(C(C)(F)F)s1. The van der Waals surface area contributed by atoms with E-state index in [1.54, 1.807) is 12.1 Å². The van der Waals surface area contributed by atoms with E-state index in [4.69, 9.17) is 4.74 Å². The van der Waals surface area contributed by atoms with Crippen LogP contribution >= 0.6 is 11.3 Å². The van der Waals surface area contributed by atoms with Crippen LogP contribution in [0.25, 0.3) is 0 Å². The number of alkyl halides is 2. The Bertz CT molecular complexity index is 778. The first-order chi connectivity index (χ1) is 15.4. The lowest BCUT2D eigenvalue weighted by molar-refractivity contribution is -0.123. The van der Waals surface area contributed by atoms with Gasteiger partial charge in [-0.25, -0.2) is 13.8 Å². The van der Waals surface area contributed by atoms with Gasteiger partial charge >= 0.3 is 0 Å². The Morgan fingerprint density at radius 1 is 1.03 bits per heavy atom. The summed E-state index contributed by atoms with van der Waals surface area (Å²) < 4.78 is 32.8. The van der Waals surface area contributed by atoms with Crippen molar-refractivity contribution in [2.75, 3.05) is 5.32 Å². The van der Waals surface area contributed by atoms with E-state index < -0.39 is 12.0 Å². The van der Waals surface area contributed by atoms with Gasteiger partial charge in [-0.05, 0) is 25.0 Å². The predicted octanol–water partition coefficient (Wildman–Crippen LogP) is 7.95. The number of hydrogen-bond donors (Lipinski definition) is 1. The molecule has 0 fully saturated rings. The summed E-state index contributed by atoms with van der Waals surface area (Å²) in [5, 5.41) is 2.81. The minimum atomic E-state index is -2.98. The van der Waals surface area contributed by atoms with E-state index in [0.717, 1.165) is 43.7 Å². The van der Waals surface area contributed by atoms with Crippen LogP contribution in [0.1, 0.15) is 89.4 Å². The number of hydrogen-bond acceptors (Lipinski definition) is 4. The minimum absolute atomic E-state index is 0.163. The van der Waals surface area contributed by atoms with Crippen LogP contribution in [0.5, 0.6) is 5.75 Å². The Balaban J connectivity index is 1.81. The predicted molar refractivity (Wildman–Crippen MR) is 128 cm³/mol. The first kappa shape index (κ1) is 26.2. The average molecular weight is 467 g/mol. The van der Waals surface area contributed by atoms with Crippen molar-refractivity contribution in [1.82, 2.24) is 4.98 Å². The summed E-state index contributed by atoms with van der Waals surface area (Å²) in [4.78, 5) is 16.6. The molecule has 0 bridgehead atoms. The normalized spacial score (nSPS) is 12.5. The molecule has 1 aromatic carbocycles. The molecule has 1 atom stereocenters. The number of anilines is 1. The Morgan fingerprint density at radius 2 is 1.62 bits per heavy atom. The number of ether oxygens (including phenoxy) is 1. The monoisotopic (exact) mass is 466 g/mol. The van der Waals surface area contributed by atoms with Gasteiger partial charge in [0, 0.05) is 13.1 Å². The van der Waals surface area contributed by atoms with E-state index >= 15 is 0 Å². The van der Waals surface area contributed by atoms with Crippen LogP contribution in [-0.2, 0) is 10.7 Å². The quantitative estimate of drug-likeness (QED) is 0.255. The van der Waals surface area contributed by atoms with Crippen LogP contribution in [0.15, 0.2) is 36.5 Å². The fourth-order valence-electron chi connectivity index (χ4n) is 3.44. The van der Waals surface area contributed by atoms with Crippen molar-refractivity contribution < 1.29 is 18.3 Å². The maximum absolute atomic E-state index is 13.5. The molecule has 1 N–H and O–H groups in total. The first-order valence-corrected chi connectivity index (χ1v) is 12.6. The van der Waals surface area contributed by atoms with E-state index in [2.05, 4.69) is 17.2 Å². The number of unbranched alkanes of at least 4 members (excludes halogenated alkanes) is 9. The van der Waals surface area contributed by atoms with Crippen LogP contribution in [0.2, 0.25) is 0 Å². The van der Waals surface area contributed by atoms with Crippen molar-refractivity contribution in [1.29, 1.82) is 0 Å². The molecule has 1 aromatic heterocycles. The van der Waals surface area contributed by atoms with Crippen molar-refractivity contribution in [3.63, 3.8) is 0 Å². The second-order valence-electron chi connectivity index (χ2n) is 8.30. The molecule has 0 aliphatic heterocycles. The molecular formula is C25H36F2N2O2S. The number of nitrogens with one attached hydrogen (secondary N) is 1. The molecule has 1 unspecified atom stereocenters. The summed E-state index contributed by atoms with van der Waals surface area (Å²) in [5.74, 6) is -2.72. The Labute approximate surface area is 194 Å². The number of carbonyl (C=O) groups is 1. The lowest BCUT2D eigenvalue weighted by Crippen LogP contribution is -2.33. The third kappa shape index (κ3) is 10.1. The molecule has 1 heterocycles. The van der Waals surface area contributed by atoms with Crippen LogP contribution in [-0.4, -0.2) is 17.0 Å². The maximum atomic E-state index is 13.5. The molecule has 0 saturated carbocycles. The van der Waals surface area contributed by atoms with E-state index in [9.17, 15) is 13.6 Å². The van der Waals surface area contributed by atoms with Gasteiger partial charge in [0.2, 0.25) is 0 Å². The Kier molecular flexibility index (Phi) is 11.6. The fraction of sp³-hybridized carbons (Fsp3) is 0.600. The molecule has 32 heavy (non-hydrogen) atoms. The van der Waals surface area contributed by atoms with Crippen LogP contribution < -0.4 is 10.1 Å². The van der Waals surface area contributed by atoms with Crippen LogP contribution in [0.3, 0.4) is 0 Å². The van der Waals surface area contributed by atoms with Crippen molar-refractivity contribution >= 4 is 22.4 Å². The Morgan fingerprint density at radius 3 is 2.19 bits per heavy atom. The molecular weight excluding hydrogens is 430 g/mol. The zero-order valence-electron chi connectivity index (χ0n) is 19.2. The fourth-order valence-corrected chi connectivity index (χ4v) is 4.19. The number of amides is 1. The van der Waals surface area contributed by atoms with Gasteiger partial charge in [-0.15, -0.1) is 0 Å². The van der Waals surface area contributed by atoms with Gasteiger partial charge in [0.15, 0.2) is 11.2 Å². The smallest absolute Gasteiger partial charge is 0.281 e. The molecule has 0 aliphatic rings. The minimum Gasteiger partial charge on any atom is -0.481 e. The Hall–Kier alpha value is -2.02. The van der Waals surface area contributed by atoms with Crippen molar-refractivity contribution in [3.8, 4) is 5.75 Å². The van der Waals surface area contributed by atoms with Crippen LogP contribution in [0, 0.1) is 0 Å². The highest BCUT2D eigenvalue weighted by atomic mass is 32.1. The molecule has 2 aromatic rings. The van der Waals surface area contributed by atoms with Gasteiger partial charge in [-0.3, -0.25) is 10.1 Å². The zero-order valence-corrected chi connectivity index (χ0v) is 20.1. The zero-order chi connectivity index (χ0) is 23.2. The molecule has 4 nitrogen and oxygen atoms in total. The third-order valence-electron chi connectivity index (χ3n) is 5.30. The van der Waals surface area contributed by atoms with Gasteiger partial charge in [0.05, 0.1) is 4.88 Å². The lowest BCUT2D eigenvalue weighted by Gasteiger charge is -2.18. The summed E-state index contributed by atoms with van der Waals surface area (Å²) in [7, 11) is 0. The molecule has 0 spiro atoms. The lowest BCUT2D eigenvalue weighted by atomic mass is 10.0. The van der Waals surface area contributed by atoms with E-state index in [-0.39, 0.29) is 15.9 Å². The third-order valence-corrected chi connectivity index (χ3v) is 6.39. The number of thiazole rings is 1. The second kappa shape index (κ2) is 14.2. The molecule has 0 aliphatic carbocycles. The van der Waals surface area contributed by atoms with Crippen molar-refractivity contribution in [2.45, 2.75) is 96.5 Å². The highest BCUT2D eigenvalue weighted by Gasteiger charge is 2.28. The number of halogens is 2. The molecule has 0 radical (unpaired) electrons. The van der Waals surface area contributed by atoms with Gasteiger partial charge in [0.1, 0.15) is 5.75 Å². The number of aromatic nitrogens is 1. The van der Waals surface area contributed by atoms with E-state index in [0.29, 0.717) is 12.2 Å². The summed E-state index contributed by atoms with van der Waals surface area (Å²) in [6.07, 6.45) is 13.1. The van der Waals surface area contributed by atoms with E-state index in [1.165, 1.54) is 44.9 Å². The van der Waals surface area contributed by atoms with Gasteiger partial charge in [-0.1, -0.05) is 94.2 Å². The number of rotatable bonds is 16. The molecule has 1 amide bonds. The van der Waals surface area contributed by atoms with Gasteiger partial charge in [0.25, 0.3) is 11.8 Å². The number of para-hydroxylation sites is 1. The second-order valence-corrected chi connectivity index (χ2v) is 9.33.